The first kappa shape index (κ1) is 26.4. The molecule has 5 rings (SSSR count). The third kappa shape index (κ3) is 5.81. The van der Waals surface area contributed by atoms with Crippen molar-refractivity contribution in [1.29, 1.82) is 0 Å². The second kappa shape index (κ2) is 11.7. The molecule has 3 heterocycles. The minimum absolute atomic E-state index is 0.0408. The smallest absolute Gasteiger partial charge is 0.250 e. The van der Waals surface area contributed by atoms with E-state index in [0.717, 1.165) is 69.5 Å². The van der Waals surface area contributed by atoms with Crippen LogP contribution in [0.2, 0.25) is 0 Å². The number of hydrogen-bond acceptors (Lipinski definition) is 6. The van der Waals surface area contributed by atoms with Crippen molar-refractivity contribution < 1.29 is 4.79 Å². The fourth-order valence-corrected chi connectivity index (χ4v) is 5.23. The molecule has 1 aliphatic heterocycles. The van der Waals surface area contributed by atoms with Crippen LogP contribution >= 0.6 is 12.2 Å². The highest BCUT2D eigenvalue weighted by Crippen LogP contribution is 2.33. The third-order valence-corrected chi connectivity index (χ3v) is 7.24. The minimum atomic E-state index is 0.0408. The second-order valence-corrected chi connectivity index (χ2v) is 10.1. The summed E-state index contributed by atoms with van der Waals surface area (Å²) in [5, 5.41) is 2.06. The topological polar surface area (TPSA) is 89.4 Å². The van der Waals surface area contributed by atoms with E-state index in [-0.39, 0.29) is 5.91 Å². The SMILES string of the molecule is CCCN(CCC)C(=O)C1=Cc2ccc(-c3ccc4c(=S)n(Cc5ncccn5)ccc4c3)cc2N=C(N)C1. The molecule has 39 heavy (non-hydrogen) atoms. The van der Waals surface area contributed by atoms with E-state index in [1.807, 2.05) is 33.9 Å². The van der Waals surface area contributed by atoms with Crippen LogP contribution in [-0.4, -0.2) is 44.3 Å². The van der Waals surface area contributed by atoms with E-state index in [1.165, 1.54) is 0 Å². The number of nitrogens with zero attached hydrogens (tertiary/aromatic N) is 5. The summed E-state index contributed by atoms with van der Waals surface area (Å²) in [6.45, 7) is 6.17. The minimum Gasteiger partial charge on any atom is -0.387 e. The van der Waals surface area contributed by atoms with Gasteiger partial charge < -0.3 is 15.2 Å². The van der Waals surface area contributed by atoms with Gasteiger partial charge in [-0.1, -0.05) is 50.3 Å². The zero-order valence-corrected chi connectivity index (χ0v) is 23.1. The van der Waals surface area contributed by atoms with E-state index in [4.69, 9.17) is 18.0 Å². The second-order valence-electron chi connectivity index (χ2n) is 9.73. The molecule has 0 saturated heterocycles. The number of hydrogen-bond donors (Lipinski definition) is 1. The van der Waals surface area contributed by atoms with Gasteiger partial charge in [-0.05, 0) is 59.7 Å². The van der Waals surface area contributed by atoms with Crippen LogP contribution < -0.4 is 5.73 Å². The maximum atomic E-state index is 13.3. The monoisotopic (exact) mass is 536 g/mol. The standard InChI is InChI=1S/C31H32N6OS/c1-3-13-36(14-4-2)30(38)25-17-24-7-6-22(18-27(24)35-28(32)19-25)21-8-9-26-23(16-21)10-15-37(31(26)39)20-29-33-11-5-12-34-29/h5-12,15-18H,3-4,13-14,19-20H2,1-2H3,(H2,32,35). The maximum Gasteiger partial charge on any atom is 0.250 e. The lowest BCUT2D eigenvalue weighted by Gasteiger charge is -2.22. The molecule has 7 nitrogen and oxygen atoms in total. The van der Waals surface area contributed by atoms with Gasteiger partial charge in [0.05, 0.1) is 12.2 Å². The number of carbonyl (C=O) groups excluding carboxylic acids is 1. The van der Waals surface area contributed by atoms with Gasteiger partial charge in [0, 0.05) is 54.6 Å². The Bertz CT molecular complexity index is 1630. The number of fused-ring (bicyclic) bond motifs is 2. The molecule has 0 spiro atoms. The van der Waals surface area contributed by atoms with Gasteiger partial charge in [-0.15, -0.1) is 0 Å². The molecule has 8 heteroatoms. The number of aromatic nitrogens is 3. The first-order chi connectivity index (χ1) is 19.0. The van der Waals surface area contributed by atoms with Gasteiger partial charge in [-0.3, -0.25) is 4.79 Å². The summed E-state index contributed by atoms with van der Waals surface area (Å²) < 4.78 is 2.73. The molecule has 0 unspecified atom stereocenters. The van der Waals surface area contributed by atoms with E-state index in [2.05, 4.69) is 59.1 Å². The number of benzene rings is 2. The van der Waals surface area contributed by atoms with Crippen molar-refractivity contribution >= 4 is 46.5 Å². The zero-order chi connectivity index (χ0) is 27.4. The third-order valence-electron chi connectivity index (χ3n) is 6.79. The highest BCUT2D eigenvalue weighted by atomic mass is 32.1. The van der Waals surface area contributed by atoms with Crippen molar-refractivity contribution in [3.8, 4) is 11.1 Å². The van der Waals surface area contributed by atoms with Crippen molar-refractivity contribution in [3.05, 3.63) is 88.7 Å². The van der Waals surface area contributed by atoms with Gasteiger partial charge in [0.1, 0.15) is 16.3 Å². The number of pyridine rings is 1. The predicted molar refractivity (Wildman–Crippen MR) is 160 cm³/mol. The lowest BCUT2D eigenvalue weighted by atomic mass is 9.99. The lowest BCUT2D eigenvalue weighted by molar-refractivity contribution is -0.127. The Kier molecular flexibility index (Phi) is 7.93. The van der Waals surface area contributed by atoms with Crippen molar-refractivity contribution in [2.24, 2.45) is 10.7 Å². The Labute approximate surface area is 233 Å². The van der Waals surface area contributed by atoms with Crippen LogP contribution in [0.3, 0.4) is 0 Å². The lowest BCUT2D eigenvalue weighted by Crippen LogP contribution is -2.34. The summed E-state index contributed by atoms with van der Waals surface area (Å²) in [6.07, 6.45) is 9.58. The number of amidine groups is 1. The Hall–Kier alpha value is -4.17. The van der Waals surface area contributed by atoms with E-state index in [0.29, 0.717) is 24.4 Å². The molecule has 0 radical (unpaired) electrons. The van der Waals surface area contributed by atoms with Crippen LogP contribution in [0, 0.1) is 4.64 Å². The Balaban J connectivity index is 1.46. The van der Waals surface area contributed by atoms with Crippen LogP contribution in [-0.2, 0) is 11.3 Å². The van der Waals surface area contributed by atoms with Crippen LogP contribution in [0.25, 0.3) is 28.0 Å². The van der Waals surface area contributed by atoms with Gasteiger partial charge in [-0.2, -0.15) is 0 Å². The van der Waals surface area contributed by atoms with Crippen LogP contribution in [0.4, 0.5) is 5.69 Å². The molecule has 0 atom stereocenters. The average molecular weight is 537 g/mol. The van der Waals surface area contributed by atoms with Gasteiger partial charge in [-0.25, -0.2) is 15.0 Å². The fraction of sp³-hybridized carbons (Fsp3) is 0.258. The summed E-state index contributed by atoms with van der Waals surface area (Å²) in [4.78, 5) is 28.5. The number of carbonyl (C=O) groups is 1. The number of rotatable bonds is 8. The first-order valence-corrected chi connectivity index (χ1v) is 13.7. The quantitative estimate of drug-likeness (QED) is 0.267. The van der Waals surface area contributed by atoms with Gasteiger partial charge in [0.2, 0.25) is 5.91 Å². The largest absolute Gasteiger partial charge is 0.387 e. The molecule has 198 valence electrons. The number of aliphatic imine (C=N–C) groups is 1. The van der Waals surface area contributed by atoms with Crippen LogP contribution in [0.1, 0.15) is 44.5 Å². The van der Waals surface area contributed by atoms with Crippen LogP contribution in [0.15, 0.2) is 77.7 Å². The van der Waals surface area contributed by atoms with Crippen molar-refractivity contribution in [3.63, 3.8) is 0 Å². The fourth-order valence-electron chi connectivity index (χ4n) is 4.92. The van der Waals surface area contributed by atoms with E-state index >= 15 is 0 Å². The molecule has 2 aromatic carbocycles. The Morgan fingerprint density at radius 3 is 2.49 bits per heavy atom. The van der Waals surface area contributed by atoms with Gasteiger partial charge >= 0.3 is 0 Å². The highest BCUT2D eigenvalue weighted by molar-refractivity contribution is 7.71. The normalized spacial score (nSPS) is 12.9. The predicted octanol–water partition coefficient (Wildman–Crippen LogP) is 6.30. The van der Waals surface area contributed by atoms with E-state index in [1.54, 1.807) is 18.5 Å². The molecular weight excluding hydrogens is 504 g/mol. The molecular formula is C31H32N6OS. The maximum absolute atomic E-state index is 13.3. The first-order valence-electron chi connectivity index (χ1n) is 13.3. The van der Waals surface area contributed by atoms with Crippen molar-refractivity contribution in [2.45, 2.75) is 39.7 Å². The zero-order valence-electron chi connectivity index (χ0n) is 22.3. The van der Waals surface area contributed by atoms with Crippen molar-refractivity contribution in [2.75, 3.05) is 13.1 Å². The molecule has 0 fully saturated rings. The van der Waals surface area contributed by atoms with E-state index < -0.39 is 0 Å². The summed E-state index contributed by atoms with van der Waals surface area (Å²) in [5.74, 6) is 1.20. The van der Waals surface area contributed by atoms with Gasteiger partial charge in [0.15, 0.2) is 0 Å². The molecule has 2 N–H and O–H groups in total. The number of amides is 1. The molecule has 0 aliphatic carbocycles. The van der Waals surface area contributed by atoms with Gasteiger partial charge in [0.25, 0.3) is 0 Å². The Morgan fingerprint density at radius 2 is 1.74 bits per heavy atom. The van der Waals surface area contributed by atoms with E-state index in [9.17, 15) is 4.79 Å². The average Bonchev–Trinajstić information content (AvgIpc) is 3.12. The van der Waals surface area contributed by atoms with Crippen LogP contribution in [0.5, 0.6) is 0 Å². The molecule has 4 aromatic rings. The summed E-state index contributed by atoms with van der Waals surface area (Å²) >= 11 is 5.78. The molecule has 0 bridgehead atoms. The molecule has 1 aliphatic rings. The summed E-state index contributed by atoms with van der Waals surface area (Å²) in [6, 6.07) is 16.3. The Morgan fingerprint density at radius 1 is 1.03 bits per heavy atom. The molecule has 0 saturated carbocycles. The molecule has 1 amide bonds. The van der Waals surface area contributed by atoms with Crippen molar-refractivity contribution in [1.82, 2.24) is 19.4 Å². The summed E-state index contributed by atoms with van der Waals surface area (Å²) in [5.41, 5.74) is 10.7. The highest BCUT2D eigenvalue weighted by Gasteiger charge is 2.21. The molecule has 2 aromatic heterocycles. The number of nitrogens with two attached hydrogens (primary N) is 1. The summed E-state index contributed by atoms with van der Waals surface area (Å²) in [7, 11) is 0.